The number of ether oxygens (including phenoxy) is 2. The van der Waals surface area contributed by atoms with Crippen molar-refractivity contribution in [2.45, 2.75) is 19.9 Å². The number of aromatic amines is 1. The highest BCUT2D eigenvalue weighted by atomic mass is 19.1. The Hall–Kier alpha value is -5.11. The summed E-state index contributed by atoms with van der Waals surface area (Å²) in [5.41, 5.74) is 10.6. The van der Waals surface area contributed by atoms with Crippen LogP contribution in [0.3, 0.4) is 0 Å². The summed E-state index contributed by atoms with van der Waals surface area (Å²) in [6.07, 6.45) is 0. The maximum Gasteiger partial charge on any atom is 0.171 e. The van der Waals surface area contributed by atoms with Gasteiger partial charge in [0.05, 0.1) is 17.6 Å². The predicted octanol–water partition coefficient (Wildman–Crippen LogP) is 6.94. The highest BCUT2D eigenvalue weighted by Gasteiger charge is 2.26. The van der Waals surface area contributed by atoms with Gasteiger partial charge in [-0.1, -0.05) is 43.0 Å². The molecule has 0 fully saturated rings. The molecule has 5 aromatic rings. The van der Waals surface area contributed by atoms with Crippen molar-refractivity contribution < 1.29 is 13.9 Å². The minimum atomic E-state index is -0.747. The van der Waals surface area contributed by atoms with Gasteiger partial charge in [-0.2, -0.15) is 0 Å². The van der Waals surface area contributed by atoms with E-state index in [1.54, 1.807) is 30.3 Å². The van der Waals surface area contributed by atoms with Gasteiger partial charge < -0.3 is 25.5 Å². The molecule has 1 unspecified atom stereocenters. The molecule has 1 atom stereocenters. The van der Waals surface area contributed by atoms with Crippen molar-refractivity contribution in [3.05, 3.63) is 125 Å². The number of nitrogen functional groups attached to an aromatic ring is 1. The third-order valence-corrected chi connectivity index (χ3v) is 6.43. The van der Waals surface area contributed by atoms with Gasteiger partial charge in [0.15, 0.2) is 11.6 Å². The van der Waals surface area contributed by atoms with Crippen molar-refractivity contribution in [3.8, 4) is 11.5 Å². The van der Waals surface area contributed by atoms with Crippen LogP contribution in [0.25, 0.3) is 16.8 Å². The zero-order valence-electron chi connectivity index (χ0n) is 22.3. The van der Waals surface area contributed by atoms with Gasteiger partial charge in [0, 0.05) is 28.4 Å². The van der Waals surface area contributed by atoms with Crippen LogP contribution in [0.5, 0.6) is 11.5 Å². The number of nitrogens with two attached hydrogens (primary N) is 1. The second kappa shape index (κ2) is 11.3. The second-order valence-corrected chi connectivity index (χ2v) is 9.36. The summed E-state index contributed by atoms with van der Waals surface area (Å²) in [6.45, 7) is 8.26. The Bertz CT molecular complexity index is 1680. The van der Waals surface area contributed by atoms with Gasteiger partial charge in [0.1, 0.15) is 29.2 Å². The lowest BCUT2D eigenvalue weighted by atomic mass is 10.0. The van der Waals surface area contributed by atoms with Crippen LogP contribution in [-0.2, 0) is 0 Å². The molecule has 1 heterocycles. The molecule has 0 aliphatic rings. The first-order chi connectivity index (χ1) is 19.3. The summed E-state index contributed by atoms with van der Waals surface area (Å²) >= 11 is 0. The lowest BCUT2D eigenvalue weighted by Crippen LogP contribution is -2.17. The quantitative estimate of drug-likeness (QED) is 0.0880. The molecule has 4 aromatic carbocycles. The predicted molar refractivity (Wildman–Crippen MR) is 157 cm³/mol. The minimum absolute atomic E-state index is 0.0134. The summed E-state index contributed by atoms with van der Waals surface area (Å²) in [7, 11) is 0. The number of amidine groups is 1. The minimum Gasteiger partial charge on any atom is -0.494 e. The van der Waals surface area contributed by atoms with E-state index in [2.05, 4.69) is 16.9 Å². The van der Waals surface area contributed by atoms with Crippen LogP contribution < -0.4 is 20.5 Å². The van der Waals surface area contributed by atoms with E-state index in [0.29, 0.717) is 35.2 Å². The van der Waals surface area contributed by atoms with Crippen LogP contribution in [0, 0.1) is 18.2 Å². The molecule has 1 aromatic heterocycles. The normalized spacial score (nSPS) is 11.7. The lowest BCUT2D eigenvalue weighted by molar-refractivity contribution is 0.336. The van der Waals surface area contributed by atoms with Gasteiger partial charge in [-0.15, -0.1) is 0 Å². The van der Waals surface area contributed by atoms with Crippen LogP contribution in [0.4, 0.5) is 10.1 Å². The molecule has 5 rings (SSSR count). The van der Waals surface area contributed by atoms with E-state index in [1.165, 1.54) is 6.07 Å². The van der Waals surface area contributed by atoms with Crippen molar-refractivity contribution in [2.75, 3.05) is 11.9 Å². The summed E-state index contributed by atoms with van der Waals surface area (Å²) in [5.74, 6) is 0.641. The summed E-state index contributed by atoms with van der Waals surface area (Å²) < 4.78 is 28.1. The van der Waals surface area contributed by atoms with Crippen molar-refractivity contribution in [1.82, 2.24) is 9.97 Å². The number of nitrogens with zero attached hydrogens (tertiary/aromatic N) is 1. The Morgan fingerprint density at radius 3 is 2.50 bits per heavy atom. The summed E-state index contributed by atoms with van der Waals surface area (Å²) in [5, 5.41) is 11.1. The Morgan fingerprint density at radius 2 is 1.80 bits per heavy atom. The average molecular weight is 536 g/mol. The van der Waals surface area contributed by atoms with E-state index >= 15 is 4.39 Å². The van der Waals surface area contributed by atoms with Crippen molar-refractivity contribution in [3.63, 3.8) is 0 Å². The number of anilines is 1. The Balaban J connectivity index is 1.62. The van der Waals surface area contributed by atoms with E-state index in [4.69, 9.17) is 25.6 Å². The first-order valence-electron chi connectivity index (χ1n) is 12.9. The van der Waals surface area contributed by atoms with Gasteiger partial charge in [0.25, 0.3) is 0 Å². The zero-order valence-corrected chi connectivity index (χ0v) is 22.3. The van der Waals surface area contributed by atoms with E-state index in [9.17, 15) is 0 Å². The molecule has 0 saturated carbocycles. The fourth-order valence-electron chi connectivity index (χ4n) is 4.43. The molecule has 0 aliphatic carbocycles. The van der Waals surface area contributed by atoms with E-state index < -0.39 is 11.9 Å². The first kappa shape index (κ1) is 26.5. The van der Waals surface area contributed by atoms with Gasteiger partial charge in [-0.25, -0.2) is 9.37 Å². The van der Waals surface area contributed by atoms with Crippen LogP contribution in [0.15, 0.2) is 91.5 Å². The van der Waals surface area contributed by atoms with Crippen LogP contribution in [-0.4, -0.2) is 22.4 Å². The molecule has 0 radical (unpaired) electrons. The monoisotopic (exact) mass is 535 g/mol. The van der Waals surface area contributed by atoms with Crippen LogP contribution in [0.2, 0.25) is 0 Å². The SMILES string of the molecule is C=C(Oc1cc(OCC)cc(C(Nc2ccc(C(=N)N)cc2)c2nc3ccc(C)cc3[nH]2)c1F)c1ccccc1. The molecular weight excluding hydrogens is 505 g/mol. The molecule has 0 aliphatic heterocycles. The number of aryl methyl sites for hydroxylation is 1. The molecule has 40 heavy (non-hydrogen) atoms. The standard InChI is InChI=1S/C32H30FN5O2/c1-4-39-24-17-25(29(33)28(18-24)40-20(3)21-8-6-5-7-9-21)30(36-23-13-11-22(12-14-23)31(34)35)32-37-26-15-10-19(2)16-27(26)38-32/h5-18,30,36H,3-4H2,1-2H3,(H3,34,35)(H,37,38). The highest BCUT2D eigenvalue weighted by molar-refractivity contribution is 5.95. The number of halogens is 1. The molecule has 0 spiro atoms. The Morgan fingerprint density at radius 1 is 1.05 bits per heavy atom. The number of nitrogens with one attached hydrogen (secondary N) is 3. The number of hydrogen-bond donors (Lipinski definition) is 4. The number of hydrogen-bond acceptors (Lipinski definition) is 5. The summed E-state index contributed by atoms with van der Waals surface area (Å²) in [4.78, 5) is 8.15. The van der Waals surface area contributed by atoms with Crippen LogP contribution in [0.1, 0.15) is 41.0 Å². The molecule has 0 saturated heterocycles. The highest BCUT2D eigenvalue weighted by Crippen LogP contribution is 2.37. The Kier molecular flexibility index (Phi) is 7.50. The summed E-state index contributed by atoms with van der Waals surface area (Å²) in [6, 6.07) is 24.7. The third-order valence-electron chi connectivity index (χ3n) is 6.43. The molecule has 0 bridgehead atoms. The van der Waals surface area contributed by atoms with Gasteiger partial charge in [-0.05, 0) is 61.9 Å². The van der Waals surface area contributed by atoms with E-state index in [-0.39, 0.29) is 17.1 Å². The van der Waals surface area contributed by atoms with E-state index in [0.717, 1.165) is 22.2 Å². The zero-order chi connectivity index (χ0) is 28.2. The third kappa shape index (κ3) is 5.66. The van der Waals surface area contributed by atoms with Crippen molar-refractivity contribution in [2.24, 2.45) is 5.73 Å². The Labute approximate surface area is 232 Å². The number of benzene rings is 4. The maximum absolute atomic E-state index is 16.3. The molecular formula is C32H30FN5O2. The topological polar surface area (TPSA) is 109 Å². The first-order valence-corrected chi connectivity index (χ1v) is 12.9. The average Bonchev–Trinajstić information content (AvgIpc) is 3.37. The number of fused-ring (bicyclic) bond motifs is 1. The number of imidazole rings is 1. The van der Waals surface area contributed by atoms with Gasteiger partial charge >= 0.3 is 0 Å². The number of aromatic nitrogens is 2. The molecule has 7 nitrogen and oxygen atoms in total. The number of rotatable bonds is 10. The van der Waals surface area contributed by atoms with E-state index in [1.807, 2.05) is 62.4 Å². The maximum atomic E-state index is 16.3. The fourth-order valence-corrected chi connectivity index (χ4v) is 4.43. The van der Waals surface area contributed by atoms with Crippen molar-refractivity contribution in [1.29, 1.82) is 5.41 Å². The fraction of sp³-hybridized carbons (Fsp3) is 0.125. The van der Waals surface area contributed by atoms with Gasteiger partial charge in [0.2, 0.25) is 0 Å². The molecule has 202 valence electrons. The molecule has 0 amide bonds. The van der Waals surface area contributed by atoms with Gasteiger partial charge in [-0.3, -0.25) is 5.41 Å². The number of H-pyrrole nitrogens is 1. The molecule has 5 N–H and O–H groups in total. The van der Waals surface area contributed by atoms with Crippen molar-refractivity contribution >= 4 is 28.3 Å². The largest absolute Gasteiger partial charge is 0.494 e. The molecule has 8 heteroatoms. The lowest BCUT2D eigenvalue weighted by Gasteiger charge is -2.22. The smallest absolute Gasteiger partial charge is 0.171 e. The second-order valence-electron chi connectivity index (χ2n) is 9.36. The van der Waals surface area contributed by atoms with Crippen LogP contribution >= 0.6 is 0 Å².